The predicted molar refractivity (Wildman–Crippen MR) is 64.2 cm³/mol. The van der Waals surface area contributed by atoms with E-state index < -0.39 is 5.79 Å². The van der Waals surface area contributed by atoms with Gasteiger partial charge in [0.15, 0.2) is 5.79 Å². The average molecular weight is 220 g/mol. The van der Waals surface area contributed by atoms with E-state index in [-0.39, 0.29) is 6.10 Å². The lowest BCUT2D eigenvalue weighted by atomic mass is 10.0. The molecule has 0 radical (unpaired) electrons. The Morgan fingerprint density at radius 2 is 1.88 bits per heavy atom. The van der Waals surface area contributed by atoms with Crippen LogP contribution < -0.4 is 0 Å². The molecule has 0 amide bonds. The van der Waals surface area contributed by atoms with Gasteiger partial charge in [0.25, 0.3) is 0 Å². The number of rotatable bonds is 0. The van der Waals surface area contributed by atoms with Crippen LogP contribution >= 0.6 is 0 Å². The van der Waals surface area contributed by atoms with Crippen LogP contribution in [0.25, 0.3) is 0 Å². The second kappa shape index (κ2) is 4.56. The van der Waals surface area contributed by atoms with Crippen LogP contribution in [0.5, 0.6) is 0 Å². The molecule has 0 saturated carbocycles. The molecule has 2 nitrogen and oxygen atoms in total. The van der Waals surface area contributed by atoms with E-state index in [1.54, 1.807) is 0 Å². The average Bonchev–Trinajstić information content (AvgIpc) is 2.28. The molecule has 1 aromatic rings. The number of hydrogen-bond donors (Lipinski definition) is 0. The summed E-state index contributed by atoms with van der Waals surface area (Å²) in [5.74, 6) is -0.489. The standard InChI is InChI=1S/C14H20O2/c1-11-8-9-12-6-4-5-7-13(12)10-15-14(2,3)16-11/h4-7,11H,8-10H2,1-3H3/t11-/m1/s1. The number of benzene rings is 1. The number of fused-ring (bicyclic) bond motifs is 1. The normalized spacial score (nSPS) is 25.1. The summed E-state index contributed by atoms with van der Waals surface area (Å²) < 4.78 is 11.7. The SMILES string of the molecule is C[C@@H]1CCc2ccccc2COC(C)(C)O1. The Hall–Kier alpha value is -0.860. The van der Waals surface area contributed by atoms with Gasteiger partial charge in [-0.3, -0.25) is 0 Å². The summed E-state index contributed by atoms with van der Waals surface area (Å²) in [6, 6.07) is 8.48. The zero-order valence-corrected chi connectivity index (χ0v) is 10.3. The Labute approximate surface area is 97.6 Å². The predicted octanol–water partition coefficient (Wildman–Crippen LogP) is 3.29. The largest absolute Gasteiger partial charge is 0.348 e. The van der Waals surface area contributed by atoms with Crippen LogP contribution in [0.4, 0.5) is 0 Å². The molecule has 0 saturated heterocycles. The van der Waals surface area contributed by atoms with Gasteiger partial charge in [-0.25, -0.2) is 0 Å². The molecule has 1 heterocycles. The summed E-state index contributed by atoms with van der Waals surface area (Å²) in [5, 5.41) is 0. The molecule has 0 aliphatic carbocycles. The van der Waals surface area contributed by atoms with Crippen molar-refractivity contribution in [3.8, 4) is 0 Å². The molecule has 0 unspecified atom stereocenters. The Morgan fingerprint density at radius 1 is 1.19 bits per heavy atom. The molecule has 88 valence electrons. The molecule has 1 aliphatic heterocycles. The first-order valence-electron chi connectivity index (χ1n) is 5.95. The highest BCUT2D eigenvalue weighted by atomic mass is 16.7. The van der Waals surface area contributed by atoms with Gasteiger partial charge in [0.1, 0.15) is 0 Å². The van der Waals surface area contributed by atoms with E-state index in [0.29, 0.717) is 6.61 Å². The Balaban J connectivity index is 2.23. The topological polar surface area (TPSA) is 18.5 Å². The Morgan fingerprint density at radius 3 is 2.62 bits per heavy atom. The highest BCUT2D eigenvalue weighted by molar-refractivity contribution is 5.26. The lowest BCUT2D eigenvalue weighted by molar-refractivity contribution is -0.239. The smallest absolute Gasteiger partial charge is 0.163 e. The van der Waals surface area contributed by atoms with Gasteiger partial charge in [-0.05, 0) is 44.7 Å². The van der Waals surface area contributed by atoms with E-state index in [2.05, 4.69) is 31.2 Å². The Bertz CT molecular complexity index is 358. The molecule has 1 aliphatic rings. The minimum atomic E-state index is -0.489. The fraction of sp³-hybridized carbons (Fsp3) is 0.571. The van der Waals surface area contributed by atoms with Crippen molar-refractivity contribution in [1.82, 2.24) is 0 Å². The quantitative estimate of drug-likeness (QED) is 0.668. The third-order valence-electron chi connectivity index (χ3n) is 3.00. The van der Waals surface area contributed by atoms with Gasteiger partial charge in [-0.15, -0.1) is 0 Å². The summed E-state index contributed by atoms with van der Waals surface area (Å²) in [6.45, 7) is 6.71. The first-order chi connectivity index (χ1) is 7.57. The third kappa shape index (κ3) is 2.83. The van der Waals surface area contributed by atoms with Gasteiger partial charge in [-0.2, -0.15) is 0 Å². The number of ether oxygens (including phenoxy) is 2. The van der Waals surface area contributed by atoms with Crippen molar-refractivity contribution in [2.75, 3.05) is 0 Å². The van der Waals surface area contributed by atoms with Crippen LogP contribution in [0.15, 0.2) is 24.3 Å². The van der Waals surface area contributed by atoms with Crippen LogP contribution in [-0.4, -0.2) is 11.9 Å². The van der Waals surface area contributed by atoms with Crippen molar-refractivity contribution >= 4 is 0 Å². The van der Waals surface area contributed by atoms with E-state index in [1.165, 1.54) is 11.1 Å². The maximum atomic E-state index is 5.87. The molecule has 0 bridgehead atoms. The first-order valence-corrected chi connectivity index (χ1v) is 5.95. The molecule has 1 atom stereocenters. The van der Waals surface area contributed by atoms with Gasteiger partial charge in [-0.1, -0.05) is 24.3 Å². The third-order valence-corrected chi connectivity index (χ3v) is 3.00. The van der Waals surface area contributed by atoms with Gasteiger partial charge >= 0.3 is 0 Å². The van der Waals surface area contributed by atoms with E-state index in [1.807, 2.05) is 13.8 Å². The van der Waals surface area contributed by atoms with E-state index in [4.69, 9.17) is 9.47 Å². The van der Waals surface area contributed by atoms with Gasteiger partial charge < -0.3 is 9.47 Å². The molecule has 0 fully saturated rings. The van der Waals surface area contributed by atoms with Crippen LogP contribution in [0.3, 0.4) is 0 Å². The lowest BCUT2D eigenvalue weighted by Gasteiger charge is -2.28. The minimum Gasteiger partial charge on any atom is -0.348 e. The second-order valence-corrected chi connectivity index (χ2v) is 4.92. The maximum Gasteiger partial charge on any atom is 0.163 e. The first kappa shape index (κ1) is 11.6. The van der Waals surface area contributed by atoms with Gasteiger partial charge in [0, 0.05) is 0 Å². The number of hydrogen-bond acceptors (Lipinski definition) is 2. The molecule has 16 heavy (non-hydrogen) atoms. The fourth-order valence-electron chi connectivity index (χ4n) is 2.13. The molecule has 2 rings (SSSR count). The van der Waals surface area contributed by atoms with Crippen molar-refractivity contribution in [2.45, 2.75) is 52.1 Å². The minimum absolute atomic E-state index is 0.237. The summed E-state index contributed by atoms with van der Waals surface area (Å²) in [6.07, 6.45) is 2.35. The maximum absolute atomic E-state index is 5.87. The van der Waals surface area contributed by atoms with Crippen molar-refractivity contribution in [1.29, 1.82) is 0 Å². The van der Waals surface area contributed by atoms with Crippen LogP contribution in [-0.2, 0) is 22.5 Å². The van der Waals surface area contributed by atoms with Gasteiger partial charge in [0.2, 0.25) is 0 Å². The fourth-order valence-corrected chi connectivity index (χ4v) is 2.13. The molecule has 0 aromatic heterocycles. The molecule has 0 N–H and O–H groups in total. The highest BCUT2D eigenvalue weighted by Crippen LogP contribution is 2.23. The zero-order chi connectivity index (χ0) is 11.6. The van der Waals surface area contributed by atoms with E-state index >= 15 is 0 Å². The van der Waals surface area contributed by atoms with Gasteiger partial charge in [0.05, 0.1) is 12.7 Å². The molecule has 1 aromatic carbocycles. The summed E-state index contributed by atoms with van der Waals surface area (Å²) in [5.41, 5.74) is 2.67. The summed E-state index contributed by atoms with van der Waals surface area (Å²) in [4.78, 5) is 0. The molecule has 0 spiro atoms. The highest BCUT2D eigenvalue weighted by Gasteiger charge is 2.24. The van der Waals surface area contributed by atoms with Crippen LogP contribution in [0, 0.1) is 0 Å². The monoisotopic (exact) mass is 220 g/mol. The zero-order valence-electron chi connectivity index (χ0n) is 10.3. The molecule has 2 heteroatoms. The van der Waals surface area contributed by atoms with Crippen molar-refractivity contribution in [2.24, 2.45) is 0 Å². The summed E-state index contributed by atoms with van der Waals surface area (Å²) >= 11 is 0. The molecular weight excluding hydrogens is 200 g/mol. The van der Waals surface area contributed by atoms with E-state index in [9.17, 15) is 0 Å². The van der Waals surface area contributed by atoms with Crippen molar-refractivity contribution < 1.29 is 9.47 Å². The van der Waals surface area contributed by atoms with Crippen LogP contribution in [0.1, 0.15) is 38.3 Å². The Kier molecular flexibility index (Phi) is 3.31. The van der Waals surface area contributed by atoms with E-state index in [0.717, 1.165) is 12.8 Å². The summed E-state index contributed by atoms with van der Waals surface area (Å²) in [7, 11) is 0. The van der Waals surface area contributed by atoms with Crippen LogP contribution in [0.2, 0.25) is 0 Å². The number of aryl methyl sites for hydroxylation is 1. The lowest BCUT2D eigenvalue weighted by Crippen LogP contribution is -2.31. The second-order valence-electron chi connectivity index (χ2n) is 4.92. The molecular formula is C14H20O2. The van der Waals surface area contributed by atoms with Crippen molar-refractivity contribution in [3.63, 3.8) is 0 Å². The van der Waals surface area contributed by atoms with Crippen molar-refractivity contribution in [3.05, 3.63) is 35.4 Å².